The van der Waals surface area contributed by atoms with Gasteiger partial charge in [0.1, 0.15) is 23.0 Å². The van der Waals surface area contributed by atoms with Gasteiger partial charge in [-0.25, -0.2) is 0 Å². The van der Waals surface area contributed by atoms with Crippen molar-refractivity contribution in [3.05, 3.63) is 157 Å². The van der Waals surface area contributed by atoms with Crippen molar-refractivity contribution >= 4 is 46.3 Å². The smallest absolute Gasteiger partial charge is 0.119 e. The molecule has 48 heavy (non-hydrogen) atoms. The minimum atomic E-state index is 0.812. The lowest BCUT2D eigenvalue weighted by Gasteiger charge is -2.26. The van der Waals surface area contributed by atoms with Gasteiger partial charge in [0.05, 0.1) is 28.4 Å². The third-order valence-corrected chi connectivity index (χ3v) is 8.07. The molecule has 0 radical (unpaired) electrons. The largest absolute Gasteiger partial charge is 0.497 e. The molecule has 0 bridgehead atoms. The molecule has 0 aliphatic heterocycles. The Balaban J connectivity index is 1.28. The van der Waals surface area contributed by atoms with Crippen LogP contribution in [0.3, 0.4) is 0 Å². The molecule has 0 fully saturated rings. The Labute approximate surface area is 282 Å². The van der Waals surface area contributed by atoms with Gasteiger partial charge in [-0.3, -0.25) is 0 Å². The van der Waals surface area contributed by atoms with Gasteiger partial charge in [0.15, 0.2) is 0 Å². The molecule has 0 atom stereocenters. The van der Waals surface area contributed by atoms with E-state index in [1.165, 1.54) is 0 Å². The fraction of sp³-hybridized carbons (Fsp3) is 0.0952. The summed E-state index contributed by atoms with van der Waals surface area (Å²) in [6.07, 6.45) is 4.28. The molecule has 6 aromatic carbocycles. The van der Waals surface area contributed by atoms with Gasteiger partial charge in [-0.05, 0) is 132 Å². The Hall–Kier alpha value is -6.14. The van der Waals surface area contributed by atoms with Crippen LogP contribution < -0.4 is 28.7 Å². The number of hydrogen-bond donors (Lipinski definition) is 0. The van der Waals surface area contributed by atoms with Gasteiger partial charge in [0.2, 0.25) is 0 Å². The monoisotopic (exact) mass is 634 g/mol. The molecule has 0 saturated heterocycles. The van der Waals surface area contributed by atoms with Crippen LogP contribution in [0.2, 0.25) is 0 Å². The number of ether oxygens (including phenoxy) is 4. The third-order valence-electron chi connectivity index (χ3n) is 8.07. The second kappa shape index (κ2) is 15.0. The first-order valence-electron chi connectivity index (χ1n) is 15.6. The lowest BCUT2D eigenvalue weighted by molar-refractivity contribution is 0.414. The summed E-state index contributed by atoms with van der Waals surface area (Å²) < 4.78 is 21.6. The molecule has 6 aromatic rings. The summed E-state index contributed by atoms with van der Waals surface area (Å²) in [5, 5.41) is 0. The van der Waals surface area contributed by atoms with E-state index >= 15 is 0 Å². The van der Waals surface area contributed by atoms with Gasteiger partial charge in [-0.15, -0.1) is 0 Å². The van der Waals surface area contributed by atoms with Gasteiger partial charge in [-0.1, -0.05) is 36.4 Å². The highest BCUT2D eigenvalue weighted by molar-refractivity contribution is 5.81. The zero-order chi connectivity index (χ0) is 33.3. The lowest BCUT2D eigenvalue weighted by Crippen LogP contribution is -2.10. The van der Waals surface area contributed by atoms with Gasteiger partial charge >= 0.3 is 0 Å². The first-order chi connectivity index (χ1) is 23.6. The highest BCUT2D eigenvalue weighted by Gasteiger charge is 2.15. The van der Waals surface area contributed by atoms with Crippen LogP contribution in [-0.4, -0.2) is 28.4 Å². The van der Waals surface area contributed by atoms with E-state index in [-0.39, 0.29) is 0 Å². The topological polar surface area (TPSA) is 43.4 Å². The van der Waals surface area contributed by atoms with Crippen molar-refractivity contribution in [1.82, 2.24) is 0 Å². The first kappa shape index (κ1) is 31.8. The summed E-state index contributed by atoms with van der Waals surface area (Å²) in [4.78, 5) is 4.43. The molecule has 6 nitrogen and oxygen atoms in total. The molecule has 0 amide bonds. The minimum absolute atomic E-state index is 0.812. The van der Waals surface area contributed by atoms with Crippen molar-refractivity contribution in [1.29, 1.82) is 0 Å². The van der Waals surface area contributed by atoms with Crippen LogP contribution in [0.15, 0.2) is 146 Å². The second-order valence-electron chi connectivity index (χ2n) is 11.0. The maximum absolute atomic E-state index is 5.41. The van der Waals surface area contributed by atoms with Crippen LogP contribution in [0.25, 0.3) is 12.2 Å². The Morgan fingerprint density at radius 1 is 0.333 bits per heavy atom. The van der Waals surface area contributed by atoms with Gasteiger partial charge in [-0.2, -0.15) is 0 Å². The Morgan fingerprint density at radius 3 is 1.00 bits per heavy atom. The molecule has 0 unspecified atom stereocenters. The van der Waals surface area contributed by atoms with Crippen molar-refractivity contribution in [3.63, 3.8) is 0 Å². The van der Waals surface area contributed by atoms with E-state index in [1.807, 2.05) is 48.5 Å². The van der Waals surface area contributed by atoms with Crippen molar-refractivity contribution in [2.45, 2.75) is 0 Å². The van der Waals surface area contributed by atoms with E-state index in [1.54, 1.807) is 28.4 Å². The van der Waals surface area contributed by atoms with E-state index in [0.29, 0.717) is 0 Å². The van der Waals surface area contributed by atoms with E-state index in [0.717, 1.165) is 68.2 Å². The van der Waals surface area contributed by atoms with Gasteiger partial charge in [0.25, 0.3) is 0 Å². The Bertz CT molecular complexity index is 1840. The lowest BCUT2D eigenvalue weighted by atomic mass is 10.1. The predicted octanol–water partition coefficient (Wildman–Crippen LogP) is 10.8. The summed E-state index contributed by atoms with van der Waals surface area (Å²) in [6, 6.07) is 49.3. The molecular weight excluding hydrogens is 596 g/mol. The SMILES string of the molecule is COc1ccc(N(c2ccc(C=Cc3cccc(N(c4ccc(OC)cc4)c4ccc(OC)cc4)c3)cc2)c2ccc(OC)cc2)cc1. The molecule has 6 rings (SSSR count). The minimum Gasteiger partial charge on any atom is -0.497 e. The van der Waals surface area contributed by atoms with Crippen molar-refractivity contribution in [2.24, 2.45) is 0 Å². The fourth-order valence-corrected chi connectivity index (χ4v) is 5.51. The molecule has 0 saturated carbocycles. The summed E-state index contributed by atoms with van der Waals surface area (Å²) in [5.41, 5.74) is 8.36. The van der Waals surface area contributed by atoms with E-state index in [4.69, 9.17) is 18.9 Å². The molecule has 0 heterocycles. The molecule has 240 valence electrons. The number of rotatable bonds is 12. The molecule has 0 spiro atoms. The number of anilines is 6. The fourth-order valence-electron chi connectivity index (χ4n) is 5.51. The maximum atomic E-state index is 5.41. The zero-order valence-electron chi connectivity index (χ0n) is 27.5. The second-order valence-corrected chi connectivity index (χ2v) is 11.0. The number of methoxy groups -OCH3 is 4. The van der Waals surface area contributed by atoms with Crippen molar-refractivity contribution in [2.75, 3.05) is 38.2 Å². The Kier molecular flexibility index (Phi) is 9.92. The molecule has 0 aliphatic rings. The molecular formula is C42H38N2O4. The molecule has 0 aromatic heterocycles. The number of benzene rings is 6. The van der Waals surface area contributed by atoms with Crippen LogP contribution in [-0.2, 0) is 0 Å². The first-order valence-corrected chi connectivity index (χ1v) is 15.6. The number of nitrogens with zero attached hydrogens (tertiary/aromatic N) is 2. The summed E-state index contributed by atoms with van der Waals surface area (Å²) in [6.45, 7) is 0. The van der Waals surface area contributed by atoms with Crippen LogP contribution in [0.1, 0.15) is 11.1 Å². The predicted molar refractivity (Wildman–Crippen MR) is 197 cm³/mol. The highest BCUT2D eigenvalue weighted by atomic mass is 16.5. The summed E-state index contributed by atoms with van der Waals surface area (Å²) in [5.74, 6) is 3.25. The average molecular weight is 635 g/mol. The maximum Gasteiger partial charge on any atom is 0.119 e. The summed E-state index contributed by atoms with van der Waals surface area (Å²) >= 11 is 0. The van der Waals surface area contributed by atoms with E-state index in [2.05, 4.69) is 119 Å². The standard InChI is InChI=1S/C42H38N2O4/c1-45-39-22-14-34(15-23-39)43(35-16-24-40(46-2)25-17-35)33-12-10-31(11-13-33)8-9-32-6-5-7-38(30-32)44(36-18-26-41(47-3)27-19-36)37-20-28-42(48-4)29-21-37/h5-30H,1-4H3. The summed E-state index contributed by atoms with van der Waals surface area (Å²) in [7, 11) is 6.71. The zero-order valence-corrected chi connectivity index (χ0v) is 27.5. The number of hydrogen-bond acceptors (Lipinski definition) is 6. The van der Waals surface area contributed by atoms with E-state index < -0.39 is 0 Å². The van der Waals surface area contributed by atoms with E-state index in [9.17, 15) is 0 Å². The molecule has 0 aliphatic carbocycles. The van der Waals surface area contributed by atoms with Gasteiger partial charge in [0, 0.05) is 34.1 Å². The van der Waals surface area contributed by atoms with Crippen molar-refractivity contribution in [3.8, 4) is 23.0 Å². The highest BCUT2D eigenvalue weighted by Crippen LogP contribution is 2.38. The quantitative estimate of drug-likeness (QED) is 0.125. The van der Waals surface area contributed by atoms with Crippen LogP contribution in [0, 0.1) is 0 Å². The molecule has 0 N–H and O–H groups in total. The normalized spacial score (nSPS) is 10.8. The van der Waals surface area contributed by atoms with Crippen LogP contribution >= 0.6 is 0 Å². The Morgan fingerprint density at radius 2 is 0.646 bits per heavy atom. The van der Waals surface area contributed by atoms with Crippen molar-refractivity contribution < 1.29 is 18.9 Å². The van der Waals surface area contributed by atoms with Crippen LogP contribution in [0.4, 0.5) is 34.1 Å². The van der Waals surface area contributed by atoms with Crippen LogP contribution in [0.5, 0.6) is 23.0 Å². The van der Waals surface area contributed by atoms with Gasteiger partial charge < -0.3 is 28.7 Å². The third kappa shape index (κ3) is 7.29. The molecule has 6 heteroatoms. The average Bonchev–Trinajstić information content (AvgIpc) is 3.16.